The van der Waals surface area contributed by atoms with Gasteiger partial charge in [-0.25, -0.2) is 0 Å². The van der Waals surface area contributed by atoms with E-state index in [9.17, 15) is 13.0 Å². The van der Waals surface area contributed by atoms with Gasteiger partial charge in [0.25, 0.3) is 10.1 Å². The summed E-state index contributed by atoms with van der Waals surface area (Å²) in [5, 5.41) is 0. The molecule has 0 aromatic heterocycles. The van der Waals surface area contributed by atoms with Gasteiger partial charge in [-0.3, -0.25) is 4.55 Å². The lowest BCUT2D eigenvalue weighted by Crippen LogP contribution is -2.35. The van der Waals surface area contributed by atoms with Gasteiger partial charge in [-0.2, -0.15) is 8.42 Å². The summed E-state index contributed by atoms with van der Waals surface area (Å²) in [7, 11) is -4.22. The third kappa shape index (κ3) is 2.02. The molecule has 0 heterocycles. The van der Waals surface area contributed by atoms with E-state index in [4.69, 9.17) is 0 Å². The Morgan fingerprint density at radius 2 is 1.89 bits per heavy atom. The smallest absolute Gasteiger partial charge is 0.278 e. The monoisotopic (exact) mass is 264 g/mol. The Hall–Kier alpha value is -1.39. The van der Waals surface area contributed by atoms with Crippen molar-refractivity contribution in [2.75, 3.05) is 0 Å². The van der Waals surface area contributed by atoms with E-state index in [-0.39, 0.29) is 6.42 Å². The second kappa shape index (κ2) is 4.37. The van der Waals surface area contributed by atoms with E-state index in [0.29, 0.717) is 5.56 Å². The number of hydrogen-bond donors (Lipinski definition) is 1. The number of aryl methyl sites for hydroxylation is 1. The van der Waals surface area contributed by atoms with E-state index in [1.807, 2.05) is 32.1 Å². The fourth-order valence-corrected chi connectivity index (χ4v) is 3.33. The van der Waals surface area contributed by atoms with Crippen LogP contribution in [0.15, 0.2) is 48.1 Å². The second-order valence-corrected chi connectivity index (χ2v) is 6.34. The van der Waals surface area contributed by atoms with E-state index >= 15 is 0 Å². The summed E-state index contributed by atoms with van der Waals surface area (Å²) in [5.74, 6) is 0. The Morgan fingerprint density at radius 1 is 1.22 bits per heavy atom. The predicted molar refractivity (Wildman–Crippen MR) is 71.9 cm³/mol. The molecule has 0 bridgehead atoms. The molecule has 1 aliphatic carbocycles. The molecule has 1 aliphatic rings. The van der Waals surface area contributed by atoms with Crippen LogP contribution in [0.3, 0.4) is 0 Å². The molecule has 0 spiro atoms. The Kier molecular flexibility index (Phi) is 3.17. The lowest BCUT2D eigenvalue weighted by molar-refractivity contribution is 0.447. The summed E-state index contributed by atoms with van der Waals surface area (Å²) >= 11 is 0. The highest BCUT2D eigenvalue weighted by Crippen LogP contribution is 2.40. The van der Waals surface area contributed by atoms with Crippen LogP contribution in [0, 0.1) is 6.92 Å². The average molecular weight is 264 g/mol. The van der Waals surface area contributed by atoms with Gasteiger partial charge < -0.3 is 0 Å². The molecule has 1 N–H and O–H groups in total. The van der Waals surface area contributed by atoms with E-state index in [2.05, 4.69) is 0 Å². The highest BCUT2D eigenvalue weighted by Gasteiger charge is 2.43. The van der Waals surface area contributed by atoms with Crippen LogP contribution in [0.25, 0.3) is 0 Å². The van der Waals surface area contributed by atoms with Crippen LogP contribution in [0.5, 0.6) is 0 Å². The minimum absolute atomic E-state index is 0.263. The fourth-order valence-electron chi connectivity index (χ4n) is 2.29. The Bertz CT molecular complexity index is 626. The quantitative estimate of drug-likeness (QED) is 0.835. The van der Waals surface area contributed by atoms with Gasteiger partial charge in [0.15, 0.2) is 0 Å². The first-order chi connectivity index (χ1) is 8.37. The van der Waals surface area contributed by atoms with Crippen molar-refractivity contribution in [3.05, 3.63) is 59.2 Å². The lowest BCUT2D eigenvalue weighted by atomic mass is 9.87. The maximum atomic E-state index is 11.8. The third-order valence-corrected chi connectivity index (χ3v) is 4.85. The minimum atomic E-state index is -4.22. The zero-order valence-electron chi connectivity index (χ0n) is 10.4. The Labute approximate surface area is 108 Å². The Balaban J connectivity index is 2.67. The largest absolute Gasteiger partial charge is 0.285 e. The summed E-state index contributed by atoms with van der Waals surface area (Å²) in [6.45, 7) is 3.75. The summed E-state index contributed by atoms with van der Waals surface area (Å²) < 4.78 is 32.0. The van der Waals surface area contributed by atoms with Gasteiger partial charge in [0, 0.05) is 0 Å². The Morgan fingerprint density at radius 3 is 2.39 bits per heavy atom. The molecule has 96 valence electrons. The summed E-state index contributed by atoms with van der Waals surface area (Å²) in [5.41, 5.74) is 2.49. The van der Waals surface area contributed by atoms with Crippen molar-refractivity contribution in [2.24, 2.45) is 0 Å². The molecule has 4 heteroatoms. The number of allylic oxidation sites excluding steroid dienone is 3. The highest BCUT2D eigenvalue weighted by molar-refractivity contribution is 7.87. The molecule has 1 atom stereocenters. The van der Waals surface area contributed by atoms with Crippen LogP contribution in [0.1, 0.15) is 24.5 Å². The molecule has 2 rings (SSSR count). The van der Waals surface area contributed by atoms with Gasteiger partial charge >= 0.3 is 0 Å². The topological polar surface area (TPSA) is 54.4 Å². The second-order valence-electron chi connectivity index (χ2n) is 4.67. The van der Waals surface area contributed by atoms with Gasteiger partial charge in [-0.15, -0.1) is 0 Å². The molecule has 0 aliphatic heterocycles. The molecule has 1 unspecified atom stereocenters. The molecule has 1 aromatic carbocycles. The SMILES string of the molecule is CC1=CCC(c2ccccc2C)(S(=O)(=O)O)C=C1. The number of benzene rings is 1. The lowest BCUT2D eigenvalue weighted by Gasteiger charge is -2.30. The normalized spacial score (nSPS) is 23.8. The molecule has 1 aromatic rings. The molecule has 0 fully saturated rings. The van der Waals surface area contributed by atoms with Crippen molar-refractivity contribution in [1.82, 2.24) is 0 Å². The molecular weight excluding hydrogens is 248 g/mol. The van der Waals surface area contributed by atoms with Crippen molar-refractivity contribution in [3.63, 3.8) is 0 Å². The third-order valence-electron chi connectivity index (χ3n) is 3.40. The van der Waals surface area contributed by atoms with Crippen molar-refractivity contribution in [2.45, 2.75) is 25.0 Å². The van der Waals surface area contributed by atoms with E-state index in [1.54, 1.807) is 24.3 Å². The van der Waals surface area contributed by atoms with Gasteiger partial charge in [-0.1, -0.05) is 48.1 Å². The first kappa shape index (κ1) is 13.1. The maximum Gasteiger partial charge on any atom is 0.278 e. The van der Waals surface area contributed by atoms with Crippen molar-refractivity contribution in [1.29, 1.82) is 0 Å². The highest BCUT2D eigenvalue weighted by atomic mass is 32.2. The predicted octanol–water partition coefficient (Wildman–Crippen LogP) is 2.98. The van der Waals surface area contributed by atoms with Gasteiger partial charge in [0.1, 0.15) is 4.75 Å². The number of hydrogen-bond acceptors (Lipinski definition) is 2. The van der Waals surface area contributed by atoms with Crippen molar-refractivity contribution < 1.29 is 13.0 Å². The van der Waals surface area contributed by atoms with Crippen LogP contribution < -0.4 is 0 Å². The zero-order valence-corrected chi connectivity index (χ0v) is 11.2. The standard InChI is InChI=1S/C14H16O3S/c1-11-7-9-14(10-8-11,18(15,16)17)13-6-4-3-5-12(13)2/h3-9H,10H2,1-2H3,(H,15,16,17). The fraction of sp³-hybridized carbons (Fsp3) is 0.286. The van der Waals surface area contributed by atoms with Gasteiger partial charge in [0.05, 0.1) is 0 Å². The van der Waals surface area contributed by atoms with Crippen LogP contribution in [-0.4, -0.2) is 13.0 Å². The van der Waals surface area contributed by atoms with Crippen molar-refractivity contribution >= 4 is 10.1 Å². The van der Waals surface area contributed by atoms with E-state index in [1.165, 1.54) is 0 Å². The van der Waals surface area contributed by atoms with Crippen LogP contribution in [0.4, 0.5) is 0 Å². The molecule has 3 nitrogen and oxygen atoms in total. The molecule has 0 amide bonds. The molecule has 0 radical (unpaired) electrons. The van der Waals surface area contributed by atoms with Crippen LogP contribution in [0.2, 0.25) is 0 Å². The maximum absolute atomic E-state index is 11.8. The first-order valence-electron chi connectivity index (χ1n) is 5.76. The van der Waals surface area contributed by atoms with E-state index < -0.39 is 14.9 Å². The summed E-state index contributed by atoms with van der Waals surface area (Å²) in [6, 6.07) is 7.24. The van der Waals surface area contributed by atoms with E-state index in [0.717, 1.165) is 11.1 Å². The minimum Gasteiger partial charge on any atom is -0.285 e. The summed E-state index contributed by atoms with van der Waals surface area (Å²) in [4.78, 5) is 0. The van der Waals surface area contributed by atoms with Crippen LogP contribution in [-0.2, 0) is 14.9 Å². The molecule has 18 heavy (non-hydrogen) atoms. The summed E-state index contributed by atoms with van der Waals surface area (Å²) in [6.07, 6.45) is 5.42. The van der Waals surface area contributed by atoms with Crippen molar-refractivity contribution in [3.8, 4) is 0 Å². The van der Waals surface area contributed by atoms with Gasteiger partial charge in [-0.05, 0) is 31.4 Å². The molecular formula is C14H16O3S. The zero-order chi connectivity index (χ0) is 13.4. The molecule has 0 saturated carbocycles. The first-order valence-corrected chi connectivity index (χ1v) is 7.20. The molecule has 0 saturated heterocycles. The average Bonchev–Trinajstić information content (AvgIpc) is 2.30. The number of rotatable bonds is 2. The van der Waals surface area contributed by atoms with Crippen LogP contribution >= 0.6 is 0 Å². The van der Waals surface area contributed by atoms with Gasteiger partial charge in [0.2, 0.25) is 0 Å².